The van der Waals surface area contributed by atoms with Crippen LogP contribution in [-0.2, 0) is 0 Å². The van der Waals surface area contributed by atoms with Gasteiger partial charge in [-0.1, -0.05) is 62.7 Å². The molecule has 3 saturated carbocycles. The maximum atomic E-state index is 2.69. The van der Waals surface area contributed by atoms with Crippen molar-refractivity contribution < 1.29 is 0 Å². The van der Waals surface area contributed by atoms with Crippen LogP contribution in [0.15, 0.2) is 54.6 Å². The highest BCUT2D eigenvalue weighted by Crippen LogP contribution is 2.66. The van der Waals surface area contributed by atoms with E-state index in [0.29, 0.717) is 10.8 Å². The molecule has 4 aliphatic rings. The zero-order valence-corrected chi connectivity index (χ0v) is 19.8. The van der Waals surface area contributed by atoms with Gasteiger partial charge in [0.25, 0.3) is 0 Å². The number of nitrogens with zero attached hydrogens (tertiary/aromatic N) is 1. The predicted molar refractivity (Wildman–Crippen MR) is 135 cm³/mol. The molecule has 166 valence electrons. The van der Waals surface area contributed by atoms with Gasteiger partial charge in [-0.05, 0) is 98.0 Å². The van der Waals surface area contributed by atoms with Crippen LogP contribution in [0.4, 0.5) is 0 Å². The fourth-order valence-electron chi connectivity index (χ4n) is 9.27. The van der Waals surface area contributed by atoms with E-state index in [0.717, 1.165) is 23.7 Å². The molecule has 0 amide bonds. The van der Waals surface area contributed by atoms with Crippen LogP contribution in [0.3, 0.4) is 0 Å². The van der Waals surface area contributed by atoms with Gasteiger partial charge in [0.05, 0.1) is 11.0 Å². The molecule has 1 aromatic heterocycles. The molecule has 3 fully saturated rings. The van der Waals surface area contributed by atoms with E-state index in [4.69, 9.17) is 0 Å². The molecule has 1 nitrogen and oxygen atoms in total. The van der Waals surface area contributed by atoms with Crippen molar-refractivity contribution in [2.75, 3.05) is 0 Å². The highest BCUT2D eigenvalue weighted by molar-refractivity contribution is 6.09. The molecule has 7 rings (SSSR count). The van der Waals surface area contributed by atoms with E-state index >= 15 is 0 Å². The van der Waals surface area contributed by atoms with Crippen LogP contribution in [0.25, 0.3) is 27.5 Å². The molecular formula is C31H37N. The minimum Gasteiger partial charge on any atom is -0.313 e. The van der Waals surface area contributed by atoms with Crippen molar-refractivity contribution >= 4 is 27.5 Å². The highest BCUT2D eigenvalue weighted by atomic mass is 15.0. The van der Waals surface area contributed by atoms with Gasteiger partial charge in [-0.2, -0.15) is 0 Å². The number of benzene rings is 2. The van der Waals surface area contributed by atoms with Crippen molar-refractivity contribution in [2.24, 2.45) is 34.5 Å². The van der Waals surface area contributed by atoms with E-state index in [2.05, 4.69) is 73.0 Å². The monoisotopic (exact) mass is 423 g/mol. The molecule has 0 spiro atoms. The van der Waals surface area contributed by atoms with Gasteiger partial charge in [-0.25, -0.2) is 0 Å². The third kappa shape index (κ3) is 2.52. The Labute approximate surface area is 192 Å². The zero-order valence-electron chi connectivity index (χ0n) is 19.8. The molecule has 6 atom stereocenters. The van der Waals surface area contributed by atoms with E-state index in [-0.39, 0.29) is 0 Å². The first-order valence-corrected chi connectivity index (χ1v) is 13.3. The topological polar surface area (TPSA) is 4.93 Å². The summed E-state index contributed by atoms with van der Waals surface area (Å²) in [6.45, 7) is 5.32. The highest BCUT2D eigenvalue weighted by Gasteiger charge is 2.57. The second-order valence-electron chi connectivity index (χ2n) is 12.2. The Morgan fingerprint density at radius 3 is 2.25 bits per heavy atom. The number of para-hydroxylation sites is 2. The molecule has 2 aromatic carbocycles. The third-order valence-electron chi connectivity index (χ3n) is 10.9. The van der Waals surface area contributed by atoms with Crippen molar-refractivity contribution in [3.63, 3.8) is 0 Å². The number of hydrogen-bond donors (Lipinski definition) is 0. The minimum atomic E-state index is 0.509. The van der Waals surface area contributed by atoms with Gasteiger partial charge in [0.1, 0.15) is 0 Å². The standard InChI is InChI=1S/C31H37N/c1-30-17-7-10-26(30)25-14-13-21-20-22(15-19-31(21,2)27(25)16-18-30)32-28-11-5-3-8-23(28)24-9-4-6-12-29(24)32/h3-6,8-9,11-12,15,21,25-27H,7,10,13-14,16-20H2,1-2H3. The Morgan fingerprint density at radius 2 is 1.50 bits per heavy atom. The Morgan fingerprint density at radius 1 is 0.781 bits per heavy atom. The average molecular weight is 424 g/mol. The largest absolute Gasteiger partial charge is 0.313 e. The number of allylic oxidation sites excluding steroid dienone is 2. The number of fused-ring (bicyclic) bond motifs is 8. The summed E-state index contributed by atoms with van der Waals surface area (Å²) in [4.78, 5) is 0. The lowest BCUT2D eigenvalue weighted by Crippen LogP contribution is -2.51. The Balaban J connectivity index is 1.29. The lowest BCUT2D eigenvalue weighted by molar-refractivity contribution is -0.0864. The Bertz CT molecular complexity index is 1180. The summed E-state index contributed by atoms with van der Waals surface area (Å²) >= 11 is 0. The maximum Gasteiger partial charge on any atom is 0.0537 e. The van der Waals surface area contributed by atoms with Crippen LogP contribution in [0.2, 0.25) is 0 Å². The first kappa shape index (κ1) is 19.4. The fraction of sp³-hybridized carbons (Fsp3) is 0.548. The summed E-state index contributed by atoms with van der Waals surface area (Å²) in [6, 6.07) is 18.0. The molecule has 0 N–H and O–H groups in total. The van der Waals surface area contributed by atoms with Gasteiger partial charge >= 0.3 is 0 Å². The predicted octanol–water partition coefficient (Wildman–Crippen LogP) is 8.68. The summed E-state index contributed by atoms with van der Waals surface area (Å²) in [5.41, 5.74) is 5.51. The van der Waals surface area contributed by atoms with Crippen molar-refractivity contribution in [1.29, 1.82) is 0 Å². The molecule has 32 heavy (non-hydrogen) atoms. The molecule has 1 heterocycles. The molecule has 6 unspecified atom stereocenters. The van der Waals surface area contributed by atoms with Crippen LogP contribution >= 0.6 is 0 Å². The molecule has 0 aliphatic heterocycles. The first-order valence-electron chi connectivity index (χ1n) is 13.3. The van der Waals surface area contributed by atoms with Gasteiger partial charge < -0.3 is 4.57 Å². The van der Waals surface area contributed by atoms with E-state index < -0.39 is 0 Å². The van der Waals surface area contributed by atoms with Crippen LogP contribution in [0, 0.1) is 34.5 Å². The van der Waals surface area contributed by atoms with Gasteiger partial charge in [-0.15, -0.1) is 0 Å². The van der Waals surface area contributed by atoms with Gasteiger partial charge in [0.15, 0.2) is 0 Å². The molecule has 3 aromatic rings. The summed E-state index contributed by atoms with van der Waals surface area (Å²) < 4.78 is 2.60. The number of aromatic nitrogens is 1. The second-order valence-corrected chi connectivity index (χ2v) is 12.2. The smallest absolute Gasteiger partial charge is 0.0537 e. The van der Waals surface area contributed by atoms with Gasteiger partial charge in [0, 0.05) is 16.5 Å². The molecule has 0 bridgehead atoms. The molecule has 4 aliphatic carbocycles. The average Bonchev–Trinajstić information content (AvgIpc) is 3.37. The lowest BCUT2D eigenvalue weighted by Gasteiger charge is -2.59. The third-order valence-corrected chi connectivity index (χ3v) is 10.9. The number of rotatable bonds is 1. The summed E-state index contributed by atoms with van der Waals surface area (Å²) in [7, 11) is 0. The summed E-state index contributed by atoms with van der Waals surface area (Å²) in [5.74, 6) is 3.81. The maximum absolute atomic E-state index is 2.69. The molecular weight excluding hydrogens is 386 g/mol. The lowest BCUT2D eigenvalue weighted by atomic mass is 9.46. The Kier molecular flexibility index (Phi) is 4.10. The van der Waals surface area contributed by atoms with Crippen molar-refractivity contribution in [3.05, 3.63) is 54.6 Å². The number of hydrogen-bond acceptors (Lipinski definition) is 0. The SMILES string of the molecule is CC12CCCC1C1CCC3CC(n4c5ccccc5c5ccccc54)=CCC3(C)C1CC2. The Hall–Kier alpha value is -2.02. The summed E-state index contributed by atoms with van der Waals surface area (Å²) in [6.07, 6.45) is 15.6. The van der Waals surface area contributed by atoms with Crippen LogP contribution in [-0.4, -0.2) is 4.57 Å². The normalized spacial score (nSPS) is 38.9. The van der Waals surface area contributed by atoms with Crippen LogP contribution < -0.4 is 0 Å². The quantitative estimate of drug-likeness (QED) is 0.369. The molecule has 0 radical (unpaired) electrons. The van der Waals surface area contributed by atoms with Crippen molar-refractivity contribution in [3.8, 4) is 0 Å². The second kappa shape index (κ2) is 6.75. The zero-order chi connectivity index (χ0) is 21.5. The van der Waals surface area contributed by atoms with E-state index in [9.17, 15) is 0 Å². The molecule has 0 saturated heterocycles. The van der Waals surface area contributed by atoms with E-state index in [1.165, 1.54) is 79.6 Å². The van der Waals surface area contributed by atoms with E-state index in [1.807, 2.05) is 0 Å². The van der Waals surface area contributed by atoms with Crippen molar-refractivity contribution in [2.45, 2.75) is 71.6 Å². The van der Waals surface area contributed by atoms with E-state index in [1.54, 1.807) is 5.70 Å². The van der Waals surface area contributed by atoms with Crippen LogP contribution in [0.1, 0.15) is 71.6 Å². The summed E-state index contributed by atoms with van der Waals surface area (Å²) in [5, 5.41) is 2.79. The minimum absolute atomic E-state index is 0.509. The first-order chi connectivity index (χ1) is 15.6. The van der Waals surface area contributed by atoms with Crippen LogP contribution in [0.5, 0.6) is 0 Å². The van der Waals surface area contributed by atoms with Gasteiger partial charge in [0.2, 0.25) is 0 Å². The van der Waals surface area contributed by atoms with Gasteiger partial charge in [-0.3, -0.25) is 0 Å². The van der Waals surface area contributed by atoms with Crippen molar-refractivity contribution in [1.82, 2.24) is 4.57 Å². The fourth-order valence-corrected chi connectivity index (χ4v) is 9.27. The molecule has 1 heteroatoms.